The summed E-state index contributed by atoms with van der Waals surface area (Å²) >= 11 is 0. The molecule has 1 unspecified atom stereocenters. The van der Waals surface area contributed by atoms with Crippen LogP contribution in [0.5, 0.6) is 0 Å². The molecule has 1 heteroatoms. The molecule has 1 N–H and O–H groups in total. The van der Waals surface area contributed by atoms with Gasteiger partial charge >= 0.3 is 0 Å². The van der Waals surface area contributed by atoms with Gasteiger partial charge in [-0.3, -0.25) is 0 Å². The molecule has 13 heavy (non-hydrogen) atoms. The minimum Gasteiger partial charge on any atom is -0.316 e. The summed E-state index contributed by atoms with van der Waals surface area (Å²) < 4.78 is 0. The van der Waals surface area contributed by atoms with Gasteiger partial charge < -0.3 is 5.32 Å². The predicted octanol–water partition coefficient (Wildman–Crippen LogP) is 2.91. The van der Waals surface area contributed by atoms with E-state index in [9.17, 15) is 0 Å². The van der Waals surface area contributed by atoms with Crippen LogP contribution in [-0.4, -0.2) is 13.1 Å². The molecule has 0 aromatic carbocycles. The zero-order chi connectivity index (χ0) is 10.0. The van der Waals surface area contributed by atoms with E-state index in [1.165, 1.54) is 12.8 Å². The average molecular weight is 183 g/mol. The summed E-state index contributed by atoms with van der Waals surface area (Å²) in [6.45, 7) is 9.35. The van der Waals surface area contributed by atoms with Crippen LogP contribution in [0.2, 0.25) is 0 Å². The summed E-state index contributed by atoms with van der Waals surface area (Å²) in [7, 11) is 2.10. The smallest absolute Gasteiger partial charge is 0.0115 e. The summed E-state index contributed by atoms with van der Waals surface area (Å²) in [5.41, 5.74) is 0. The summed E-state index contributed by atoms with van der Waals surface area (Å²) in [6.07, 6.45) is 2.89. The second-order valence-corrected chi connectivity index (χ2v) is 5.29. The molecule has 0 aromatic rings. The molecule has 1 aliphatic rings. The van der Waals surface area contributed by atoms with Crippen molar-refractivity contribution in [3.05, 3.63) is 0 Å². The van der Waals surface area contributed by atoms with Crippen LogP contribution in [0.25, 0.3) is 0 Å². The molecule has 0 aliphatic heterocycles. The first kappa shape index (κ1) is 11.0. The fourth-order valence-corrected chi connectivity index (χ4v) is 2.66. The van der Waals surface area contributed by atoms with Crippen LogP contribution in [0.3, 0.4) is 0 Å². The van der Waals surface area contributed by atoms with Crippen molar-refractivity contribution < 1.29 is 0 Å². The van der Waals surface area contributed by atoms with Crippen LogP contribution in [0.1, 0.15) is 40.5 Å². The molecule has 0 saturated heterocycles. The van der Waals surface area contributed by atoms with E-state index >= 15 is 0 Å². The van der Waals surface area contributed by atoms with E-state index in [-0.39, 0.29) is 0 Å². The highest BCUT2D eigenvalue weighted by atomic mass is 14.9. The van der Waals surface area contributed by atoms with Gasteiger partial charge in [0.05, 0.1) is 0 Å². The van der Waals surface area contributed by atoms with Gasteiger partial charge in [-0.25, -0.2) is 0 Å². The van der Waals surface area contributed by atoms with E-state index in [2.05, 4.69) is 40.1 Å². The zero-order valence-electron chi connectivity index (χ0n) is 9.80. The molecular formula is C12H25N. The Morgan fingerprint density at radius 3 is 1.85 bits per heavy atom. The second kappa shape index (κ2) is 4.45. The van der Waals surface area contributed by atoms with E-state index < -0.39 is 0 Å². The maximum absolute atomic E-state index is 3.46. The third-order valence-corrected chi connectivity index (χ3v) is 3.71. The van der Waals surface area contributed by atoms with Crippen molar-refractivity contribution in [3.63, 3.8) is 0 Å². The minimum absolute atomic E-state index is 0.745. The normalized spacial score (nSPS) is 30.7. The average Bonchev–Trinajstić information content (AvgIpc) is 1.93. The molecule has 0 aromatic heterocycles. The number of rotatable bonds is 4. The maximum Gasteiger partial charge on any atom is 0.0115 e. The van der Waals surface area contributed by atoms with Gasteiger partial charge in [-0.05, 0) is 43.6 Å². The Labute approximate surface area is 83.3 Å². The Balaban J connectivity index is 2.32. The van der Waals surface area contributed by atoms with Crippen molar-refractivity contribution in [2.24, 2.45) is 23.7 Å². The van der Waals surface area contributed by atoms with Gasteiger partial charge in [0, 0.05) is 6.04 Å². The van der Waals surface area contributed by atoms with E-state index in [1.54, 1.807) is 0 Å². The largest absolute Gasteiger partial charge is 0.316 e. The molecule has 1 saturated carbocycles. The standard InChI is InChI=1S/C12H25N/c1-8(2)10-6-11(7-10)12(13-5)9(3)4/h8-13H,6-7H2,1-5H3. The Kier molecular flexibility index (Phi) is 3.78. The highest BCUT2D eigenvalue weighted by molar-refractivity contribution is 4.90. The first-order valence-electron chi connectivity index (χ1n) is 5.73. The predicted molar refractivity (Wildman–Crippen MR) is 58.7 cm³/mol. The molecule has 1 atom stereocenters. The first-order chi connectivity index (χ1) is 6.06. The molecule has 0 spiro atoms. The highest BCUT2D eigenvalue weighted by Crippen LogP contribution is 2.41. The van der Waals surface area contributed by atoms with E-state index in [0.29, 0.717) is 0 Å². The SMILES string of the molecule is CNC(C(C)C)C1CC(C(C)C)C1. The topological polar surface area (TPSA) is 12.0 Å². The summed E-state index contributed by atoms with van der Waals surface area (Å²) in [6, 6.07) is 0.745. The van der Waals surface area contributed by atoms with Gasteiger partial charge in [0.2, 0.25) is 0 Å². The third-order valence-electron chi connectivity index (χ3n) is 3.71. The van der Waals surface area contributed by atoms with Crippen LogP contribution in [-0.2, 0) is 0 Å². The molecule has 0 radical (unpaired) electrons. The van der Waals surface area contributed by atoms with Gasteiger partial charge in [0.1, 0.15) is 0 Å². The lowest BCUT2D eigenvalue weighted by Gasteiger charge is -2.44. The zero-order valence-corrected chi connectivity index (χ0v) is 9.80. The number of hydrogen-bond donors (Lipinski definition) is 1. The molecule has 1 fully saturated rings. The molecule has 78 valence electrons. The minimum atomic E-state index is 0.745. The van der Waals surface area contributed by atoms with E-state index in [4.69, 9.17) is 0 Å². The molecule has 0 amide bonds. The lowest BCUT2D eigenvalue weighted by molar-refractivity contribution is 0.0899. The summed E-state index contributed by atoms with van der Waals surface area (Å²) in [5.74, 6) is 3.61. The first-order valence-corrected chi connectivity index (χ1v) is 5.73. The van der Waals surface area contributed by atoms with E-state index in [0.717, 1.165) is 29.7 Å². The summed E-state index contributed by atoms with van der Waals surface area (Å²) in [5, 5.41) is 3.46. The Bertz CT molecular complexity index is 145. The third kappa shape index (κ3) is 2.46. The molecule has 1 rings (SSSR count). The van der Waals surface area contributed by atoms with Crippen molar-refractivity contribution in [2.75, 3.05) is 7.05 Å². The Morgan fingerprint density at radius 1 is 1.00 bits per heavy atom. The Hall–Kier alpha value is -0.0400. The lowest BCUT2D eigenvalue weighted by atomic mass is 9.65. The van der Waals surface area contributed by atoms with Crippen molar-refractivity contribution in [3.8, 4) is 0 Å². The quantitative estimate of drug-likeness (QED) is 0.706. The fourth-order valence-electron chi connectivity index (χ4n) is 2.66. The number of hydrogen-bond acceptors (Lipinski definition) is 1. The van der Waals surface area contributed by atoms with Crippen LogP contribution in [0, 0.1) is 23.7 Å². The van der Waals surface area contributed by atoms with Gasteiger partial charge in [-0.2, -0.15) is 0 Å². The molecule has 1 nitrogen and oxygen atoms in total. The molecule has 0 bridgehead atoms. The van der Waals surface area contributed by atoms with Crippen molar-refractivity contribution in [1.82, 2.24) is 5.32 Å². The number of nitrogens with one attached hydrogen (secondary N) is 1. The van der Waals surface area contributed by atoms with Crippen LogP contribution in [0.15, 0.2) is 0 Å². The fraction of sp³-hybridized carbons (Fsp3) is 1.00. The maximum atomic E-state index is 3.46. The molecule has 0 heterocycles. The second-order valence-electron chi connectivity index (χ2n) is 5.29. The Morgan fingerprint density at radius 2 is 1.54 bits per heavy atom. The van der Waals surface area contributed by atoms with Gasteiger partial charge in [-0.15, -0.1) is 0 Å². The summed E-state index contributed by atoms with van der Waals surface area (Å²) in [4.78, 5) is 0. The molecule has 1 aliphatic carbocycles. The monoisotopic (exact) mass is 183 g/mol. The van der Waals surface area contributed by atoms with Crippen LogP contribution >= 0.6 is 0 Å². The molecular weight excluding hydrogens is 158 g/mol. The van der Waals surface area contributed by atoms with Gasteiger partial charge in [0.15, 0.2) is 0 Å². The highest BCUT2D eigenvalue weighted by Gasteiger charge is 2.36. The van der Waals surface area contributed by atoms with Crippen molar-refractivity contribution >= 4 is 0 Å². The van der Waals surface area contributed by atoms with Crippen molar-refractivity contribution in [2.45, 2.75) is 46.6 Å². The van der Waals surface area contributed by atoms with Gasteiger partial charge in [-0.1, -0.05) is 27.7 Å². The van der Waals surface area contributed by atoms with Crippen LogP contribution in [0.4, 0.5) is 0 Å². The van der Waals surface area contributed by atoms with Crippen molar-refractivity contribution in [1.29, 1.82) is 0 Å². The van der Waals surface area contributed by atoms with Gasteiger partial charge in [0.25, 0.3) is 0 Å². The lowest BCUT2D eigenvalue weighted by Crippen LogP contribution is -2.45. The van der Waals surface area contributed by atoms with Crippen LogP contribution < -0.4 is 5.32 Å². The van der Waals surface area contributed by atoms with E-state index in [1.807, 2.05) is 0 Å².